The van der Waals surface area contributed by atoms with Crippen molar-refractivity contribution in [3.63, 3.8) is 0 Å². The molecule has 0 spiro atoms. The van der Waals surface area contributed by atoms with Gasteiger partial charge in [-0.3, -0.25) is 4.79 Å². The number of aromatic nitrogens is 2. The SMILES string of the molecule is O=C(Sc1nc2c(c(Nc3ccc(C4CC4)c4ccccc34)n1)SCC2)C1CCC1. The molecule has 2 saturated carbocycles. The Bertz CT molecular complexity index is 1150. The Kier molecular flexibility index (Phi) is 4.72. The number of nitrogens with zero attached hydrogens (tertiary/aromatic N) is 2. The molecule has 0 radical (unpaired) electrons. The largest absolute Gasteiger partial charge is 0.339 e. The molecule has 0 unspecified atom stereocenters. The van der Waals surface area contributed by atoms with Crippen LogP contribution in [0.3, 0.4) is 0 Å². The highest BCUT2D eigenvalue weighted by Gasteiger charge is 2.29. The number of hydrogen-bond donors (Lipinski definition) is 1. The summed E-state index contributed by atoms with van der Waals surface area (Å²) in [6.45, 7) is 0. The lowest BCUT2D eigenvalue weighted by molar-refractivity contribution is -0.116. The molecular weight excluding hydrogens is 410 g/mol. The van der Waals surface area contributed by atoms with Gasteiger partial charge in [0, 0.05) is 29.2 Å². The molecule has 0 amide bonds. The summed E-state index contributed by atoms with van der Waals surface area (Å²) < 4.78 is 0. The van der Waals surface area contributed by atoms with E-state index < -0.39 is 0 Å². The van der Waals surface area contributed by atoms with Gasteiger partial charge in [-0.15, -0.1) is 11.8 Å². The Morgan fingerprint density at radius 1 is 1.03 bits per heavy atom. The molecule has 1 aliphatic heterocycles. The zero-order valence-corrected chi connectivity index (χ0v) is 18.3. The maximum absolute atomic E-state index is 12.5. The van der Waals surface area contributed by atoms with Gasteiger partial charge in [-0.1, -0.05) is 36.8 Å². The highest BCUT2D eigenvalue weighted by atomic mass is 32.2. The molecule has 6 heteroatoms. The smallest absolute Gasteiger partial charge is 0.199 e. The van der Waals surface area contributed by atoms with Crippen LogP contribution in [0.2, 0.25) is 0 Å². The third-order valence-corrected chi connectivity index (χ3v) is 8.38. The summed E-state index contributed by atoms with van der Waals surface area (Å²) >= 11 is 3.03. The molecule has 0 bridgehead atoms. The van der Waals surface area contributed by atoms with Gasteiger partial charge < -0.3 is 5.32 Å². The first kappa shape index (κ1) is 18.7. The highest BCUT2D eigenvalue weighted by molar-refractivity contribution is 8.13. The second-order valence-electron chi connectivity index (χ2n) is 8.43. The fourth-order valence-electron chi connectivity index (χ4n) is 4.30. The van der Waals surface area contributed by atoms with E-state index in [1.165, 1.54) is 40.9 Å². The maximum Gasteiger partial charge on any atom is 0.199 e. The summed E-state index contributed by atoms with van der Waals surface area (Å²) in [7, 11) is 0. The highest BCUT2D eigenvalue weighted by Crippen LogP contribution is 2.45. The van der Waals surface area contributed by atoms with Crippen molar-refractivity contribution < 1.29 is 4.79 Å². The maximum atomic E-state index is 12.5. The van der Waals surface area contributed by atoms with Crippen molar-refractivity contribution in [3.05, 3.63) is 47.7 Å². The number of carbonyl (C=O) groups is 1. The van der Waals surface area contributed by atoms with Gasteiger partial charge in [0.25, 0.3) is 0 Å². The molecule has 2 aromatic carbocycles. The average Bonchev–Trinajstić information content (AvgIpc) is 3.43. The summed E-state index contributed by atoms with van der Waals surface area (Å²) in [5.74, 6) is 2.76. The van der Waals surface area contributed by atoms with Crippen molar-refractivity contribution in [3.8, 4) is 0 Å². The fourth-order valence-corrected chi connectivity index (χ4v) is 6.22. The van der Waals surface area contributed by atoms with Gasteiger partial charge in [-0.2, -0.15) is 0 Å². The summed E-state index contributed by atoms with van der Waals surface area (Å²) in [4.78, 5) is 23.1. The first-order chi connectivity index (χ1) is 14.8. The number of hydrogen-bond acceptors (Lipinski definition) is 6. The van der Waals surface area contributed by atoms with E-state index in [-0.39, 0.29) is 11.0 Å². The Morgan fingerprint density at radius 2 is 1.87 bits per heavy atom. The number of rotatable bonds is 5. The van der Waals surface area contributed by atoms with E-state index in [1.807, 2.05) is 0 Å². The number of aryl methyl sites for hydroxylation is 1. The first-order valence-corrected chi connectivity index (χ1v) is 12.6. The lowest BCUT2D eigenvalue weighted by atomic mass is 9.87. The Hall–Kier alpha value is -2.05. The molecule has 0 saturated heterocycles. The van der Waals surface area contributed by atoms with Crippen LogP contribution in [0.25, 0.3) is 10.8 Å². The number of anilines is 2. The Balaban J connectivity index is 1.37. The summed E-state index contributed by atoms with van der Waals surface area (Å²) in [5, 5.41) is 6.98. The minimum absolute atomic E-state index is 0.191. The third-order valence-electron chi connectivity index (χ3n) is 6.36. The molecule has 0 atom stereocenters. The zero-order valence-electron chi connectivity index (χ0n) is 16.7. The molecule has 2 fully saturated rings. The number of carbonyl (C=O) groups excluding carboxylic acids is 1. The van der Waals surface area contributed by atoms with Crippen LogP contribution in [0.1, 0.15) is 49.3 Å². The van der Waals surface area contributed by atoms with Crippen molar-refractivity contribution in [2.75, 3.05) is 11.1 Å². The van der Waals surface area contributed by atoms with Crippen LogP contribution in [0.15, 0.2) is 46.5 Å². The second-order valence-corrected chi connectivity index (χ2v) is 10.5. The molecular formula is C24H23N3OS2. The van der Waals surface area contributed by atoms with Crippen molar-refractivity contribution in [1.82, 2.24) is 9.97 Å². The number of thioether (sulfide) groups is 2. The standard InChI is InChI=1S/C24H23N3OS2/c28-23(15-4-3-5-15)30-24-26-20-12-13-29-21(20)22(27-24)25-19-11-10-16(14-8-9-14)17-6-1-2-7-18(17)19/h1-2,6-7,10-11,14-15H,3-5,8-9,12-13H2,(H,25,26,27). The molecule has 6 rings (SSSR count). The number of benzene rings is 2. The molecule has 3 aromatic rings. The van der Waals surface area contributed by atoms with Crippen LogP contribution in [-0.4, -0.2) is 20.8 Å². The summed E-state index contributed by atoms with van der Waals surface area (Å²) in [6.07, 6.45) is 6.71. The van der Waals surface area contributed by atoms with Crippen LogP contribution >= 0.6 is 23.5 Å². The Morgan fingerprint density at radius 3 is 2.63 bits per heavy atom. The van der Waals surface area contributed by atoms with Crippen LogP contribution in [0, 0.1) is 5.92 Å². The molecule has 30 heavy (non-hydrogen) atoms. The van der Waals surface area contributed by atoms with E-state index in [4.69, 9.17) is 9.97 Å². The number of nitrogens with one attached hydrogen (secondary N) is 1. The second kappa shape index (κ2) is 7.57. The molecule has 1 N–H and O–H groups in total. The van der Waals surface area contributed by atoms with Gasteiger partial charge in [-0.25, -0.2) is 9.97 Å². The zero-order chi connectivity index (χ0) is 20.1. The third kappa shape index (κ3) is 3.40. The van der Waals surface area contributed by atoms with Gasteiger partial charge in [0.15, 0.2) is 10.3 Å². The minimum Gasteiger partial charge on any atom is -0.339 e. The molecule has 2 heterocycles. The predicted octanol–water partition coefficient (Wildman–Crippen LogP) is 6.32. The predicted molar refractivity (Wildman–Crippen MR) is 124 cm³/mol. The molecule has 2 aliphatic carbocycles. The van der Waals surface area contributed by atoms with E-state index in [1.54, 1.807) is 11.8 Å². The van der Waals surface area contributed by atoms with E-state index in [0.717, 1.165) is 53.5 Å². The lowest BCUT2D eigenvalue weighted by Crippen LogP contribution is -2.19. The summed E-state index contributed by atoms with van der Waals surface area (Å²) in [5.41, 5.74) is 3.60. The number of fused-ring (bicyclic) bond motifs is 2. The molecule has 152 valence electrons. The average molecular weight is 434 g/mol. The van der Waals surface area contributed by atoms with Crippen LogP contribution in [0.4, 0.5) is 11.5 Å². The molecule has 3 aliphatic rings. The Labute approximate surface area is 184 Å². The van der Waals surface area contributed by atoms with Crippen LogP contribution in [-0.2, 0) is 11.2 Å². The lowest BCUT2D eigenvalue weighted by Gasteiger charge is -2.22. The van der Waals surface area contributed by atoms with Crippen molar-refractivity contribution >= 4 is 50.9 Å². The van der Waals surface area contributed by atoms with E-state index in [0.29, 0.717) is 11.1 Å². The molecule has 1 aromatic heterocycles. The van der Waals surface area contributed by atoms with Gasteiger partial charge in [0.1, 0.15) is 5.82 Å². The monoisotopic (exact) mass is 433 g/mol. The minimum atomic E-state index is 0.191. The van der Waals surface area contributed by atoms with Crippen molar-refractivity contribution in [2.24, 2.45) is 5.92 Å². The van der Waals surface area contributed by atoms with Crippen LogP contribution in [0.5, 0.6) is 0 Å². The van der Waals surface area contributed by atoms with Crippen molar-refractivity contribution in [1.29, 1.82) is 0 Å². The van der Waals surface area contributed by atoms with Gasteiger partial charge >= 0.3 is 0 Å². The van der Waals surface area contributed by atoms with Crippen LogP contribution < -0.4 is 5.32 Å². The topological polar surface area (TPSA) is 54.9 Å². The fraction of sp³-hybridized carbons (Fsp3) is 0.375. The van der Waals surface area contributed by atoms with E-state index >= 15 is 0 Å². The van der Waals surface area contributed by atoms with E-state index in [9.17, 15) is 4.79 Å². The van der Waals surface area contributed by atoms with Gasteiger partial charge in [-0.05, 0) is 60.4 Å². The quantitative estimate of drug-likeness (QED) is 0.375. The molecule has 4 nitrogen and oxygen atoms in total. The van der Waals surface area contributed by atoms with Gasteiger partial charge in [0.05, 0.1) is 10.6 Å². The summed E-state index contributed by atoms with van der Waals surface area (Å²) in [6, 6.07) is 13.1. The van der Waals surface area contributed by atoms with E-state index in [2.05, 4.69) is 41.7 Å². The normalized spacial score (nSPS) is 18.3. The first-order valence-electron chi connectivity index (χ1n) is 10.8. The van der Waals surface area contributed by atoms with Crippen molar-refractivity contribution in [2.45, 2.75) is 54.5 Å². The van der Waals surface area contributed by atoms with Gasteiger partial charge in [0.2, 0.25) is 0 Å².